The van der Waals surface area contributed by atoms with Gasteiger partial charge in [-0.3, -0.25) is 4.79 Å². The van der Waals surface area contributed by atoms with Crippen LogP contribution in [-0.4, -0.2) is 30.6 Å². The maximum Gasteiger partial charge on any atom is 0.338 e. The number of carbonyl (C=O) groups excluding carboxylic acids is 2. The number of halogens is 1. The van der Waals surface area contributed by atoms with Crippen LogP contribution in [-0.2, 0) is 9.53 Å². The van der Waals surface area contributed by atoms with E-state index < -0.39 is 17.3 Å². The highest BCUT2D eigenvalue weighted by atomic mass is 19.1. The van der Waals surface area contributed by atoms with Gasteiger partial charge in [-0.15, -0.1) is 0 Å². The monoisotopic (exact) mass is 356 g/mol. The summed E-state index contributed by atoms with van der Waals surface area (Å²) in [4.78, 5) is 26.4. The Morgan fingerprint density at radius 3 is 2.58 bits per heavy atom. The average Bonchev–Trinajstić information content (AvgIpc) is 2.61. The number of ether oxygens (including phenoxy) is 1. The predicted molar refractivity (Wildman–Crippen MR) is 97.8 cm³/mol. The number of esters is 1. The van der Waals surface area contributed by atoms with Crippen molar-refractivity contribution in [3.05, 3.63) is 59.9 Å². The summed E-state index contributed by atoms with van der Waals surface area (Å²) in [6.07, 6.45) is 0.503. The van der Waals surface area contributed by atoms with Crippen LogP contribution in [0.5, 0.6) is 0 Å². The molecule has 0 unspecified atom stereocenters. The highest BCUT2D eigenvalue weighted by molar-refractivity contribution is 6.07. The molecule has 26 heavy (non-hydrogen) atoms. The fourth-order valence-electron chi connectivity index (χ4n) is 2.93. The topological polar surface area (TPSA) is 58.6 Å². The molecule has 1 amide bonds. The highest BCUT2D eigenvalue weighted by Crippen LogP contribution is 2.34. The van der Waals surface area contributed by atoms with Crippen LogP contribution in [0.25, 0.3) is 0 Å². The van der Waals surface area contributed by atoms with E-state index in [4.69, 9.17) is 4.74 Å². The summed E-state index contributed by atoms with van der Waals surface area (Å²) >= 11 is 0. The second kappa shape index (κ2) is 7.15. The molecule has 1 aliphatic rings. The standard InChI is InChI=1S/C20H21FN2O3/c1-20(2)19(25)23(17-7-4-3-6-16(17)22-20)12-5-13-26-18(24)14-8-10-15(21)11-9-14/h3-4,6-11,22H,5,12-13H2,1-2H3. The van der Waals surface area contributed by atoms with Gasteiger partial charge in [0.2, 0.25) is 0 Å². The summed E-state index contributed by atoms with van der Waals surface area (Å²) in [5.74, 6) is -0.932. The molecule has 5 nitrogen and oxygen atoms in total. The Bertz CT molecular complexity index is 818. The zero-order valence-electron chi connectivity index (χ0n) is 14.8. The van der Waals surface area contributed by atoms with Gasteiger partial charge in [0, 0.05) is 6.54 Å². The summed E-state index contributed by atoms with van der Waals surface area (Å²) in [5.41, 5.74) is 1.33. The Morgan fingerprint density at radius 1 is 1.15 bits per heavy atom. The van der Waals surface area contributed by atoms with Crippen LogP contribution in [0.3, 0.4) is 0 Å². The van der Waals surface area contributed by atoms with Gasteiger partial charge in [-0.25, -0.2) is 9.18 Å². The van der Waals surface area contributed by atoms with Crippen LogP contribution in [0.4, 0.5) is 15.8 Å². The lowest BCUT2D eigenvalue weighted by Crippen LogP contribution is -2.54. The summed E-state index contributed by atoms with van der Waals surface area (Å²) in [5, 5.41) is 3.24. The average molecular weight is 356 g/mol. The molecule has 0 aliphatic carbocycles. The SMILES string of the molecule is CC1(C)Nc2ccccc2N(CCCOC(=O)c2ccc(F)cc2)C1=O. The first-order valence-electron chi connectivity index (χ1n) is 8.50. The molecule has 2 aromatic rings. The molecule has 3 rings (SSSR count). The number of hydrogen-bond acceptors (Lipinski definition) is 4. The van der Waals surface area contributed by atoms with Crippen LogP contribution < -0.4 is 10.2 Å². The molecule has 0 radical (unpaired) electrons. The van der Waals surface area contributed by atoms with E-state index >= 15 is 0 Å². The van der Waals surface area contributed by atoms with Gasteiger partial charge in [-0.05, 0) is 56.7 Å². The Kier molecular flexibility index (Phi) is 4.93. The summed E-state index contributed by atoms with van der Waals surface area (Å²) in [6, 6.07) is 12.8. The molecule has 0 aromatic heterocycles. The zero-order chi connectivity index (χ0) is 18.7. The fraction of sp³-hybridized carbons (Fsp3) is 0.300. The molecule has 0 bridgehead atoms. The van der Waals surface area contributed by atoms with Crippen molar-refractivity contribution in [2.75, 3.05) is 23.4 Å². The van der Waals surface area contributed by atoms with Crippen molar-refractivity contribution in [2.45, 2.75) is 25.8 Å². The van der Waals surface area contributed by atoms with E-state index in [9.17, 15) is 14.0 Å². The van der Waals surface area contributed by atoms with E-state index in [0.717, 1.165) is 11.4 Å². The summed E-state index contributed by atoms with van der Waals surface area (Å²) < 4.78 is 18.1. The molecule has 136 valence electrons. The molecule has 0 spiro atoms. The van der Waals surface area contributed by atoms with Gasteiger partial charge >= 0.3 is 5.97 Å². The largest absolute Gasteiger partial charge is 0.462 e. The van der Waals surface area contributed by atoms with E-state index in [1.165, 1.54) is 24.3 Å². The van der Waals surface area contributed by atoms with Gasteiger partial charge in [0.1, 0.15) is 11.4 Å². The van der Waals surface area contributed by atoms with E-state index in [-0.39, 0.29) is 12.5 Å². The van der Waals surface area contributed by atoms with Crippen LogP contribution in [0.15, 0.2) is 48.5 Å². The molecular weight excluding hydrogens is 335 g/mol. The van der Waals surface area contributed by atoms with E-state index in [0.29, 0.717) is 18.5 Å². The lowest BCUT2D eigenvalue weighted by atomic mass is 9.98. The predicted octanol–water partition coefficient (Wildman–Crippen LogP) is 3.61. The van der Waals surface area contributed by atoms with Crippen molar-refractivity contribution in [1.82, 2.24) is 0 Å². The van der Waals surface area contributed by atoms with Crippen molar-refractivity contribution in [2.24, 2.45) is 0 Å². The van der Waals surface area contributed by atoms with Crippen LogP contribution in [0, 0.1) is 5.82 Å². The number of benzene rings is 2. The third-order valence-corrected chi connectivity index (χ3v) is 4.26. The Labute approximate surface area is 151 Å². The van der Waals surface area contributed by atoms with Crippen LogP contribution in [0.2, 0.25) is 0 Å². The number of anilines is 2. The minimum Gasteiger partial charge on any atom is -0.462 e. The smallest absolute Gasteiger partial charge is 0.338 e. The fourth-order valence-corrected chi connectivity index (χ4v) is 2.93. The number of carbonyl (C=O) groups is 2. The van der Waals surface area contributed by atoms with E-state index in [1.807, 2.05) is 38.1 Å². The van der Waals surface area contributed by atoms with Gasteiger partial charge in [-0.2, -0.15) is 0 Å². The number of fused-ring (bicyclic) bond motifs is 1. The maximum absolute atomic E-state index is 12.9. The normalized spacial score (nSPS) is 15.2. The molecule has 0 saturated heterocycles. The van der Waals surface area contributed by atoms with Gasteiger partial charge in [0.25, 0.3) is 5.91 Å². The first-order chi connectivity index (χ1) is 12.4. The maximum atomic E-state index is 12.9. The summed E-state index contributed by atoms with van der Waals surface area (Å²) in [6.45, 7) is 4.30. The number of rotatable bonds is 5. The third kappa shape index (κ3) is 3.69. The van der Waals surface area contributed by atoms with Crippen molar-refractivity contribution >= 4 is 23.3 Å². The van der Waals surface area contributed by atoms with Crippen molar-refractivity contribution in [3.8, 4) is 0 Å². The van der Waals surface area contributed by atoms with E-state index in [2.05, 4.69) is 5.32 Å². The number of amides is 1. The van der Waals surface area contributed by atoms with Crippen molar-refractivity contribution in [3.63, 3.8) is 0 Å². The molecule has 1 N–H and O–H groups in total. The molecule has 1 aliphatic heterocycles. The lowest BCUT2D eigenvalue weighted by Gasteiger charge is -2.39. The number of para-hydroxylation sites is 2. The number of nitrogens with zero attached hydrogens (tertiary/aromatic N) is 1. The van der Waals surface area contributed by atoms with Crippen LogP contribution in [0.1, 0.15) is 30.6 Å². The minimum atomic E-state index is -0.695. The van der Waals surface area contributed by atoms with Gasteiger partial charge in [0.15, 0.2) is 0 Å². The number of nitrogens with one attached hydrogen (secondary N) is 1. The Morgan fingerprint density at radius 2 is 1.85 bits per heavy atom. The Hall–Kier alpha value is -2.89. The minimum absolute atomic E-state index is 0.0268. The Balaban J connectivity index is 1.59. The zero-order valence-corrected chi connectivity index (χ0v) is 14.8. The molecule has 0 saturated carbocycles. The molecule has 0 atom stereocenters. The van der Waals surface area contributed by atoms with Gasteiger partial charge in [0.05, 0.1) is 23.5 Å². The van der Waals surface area contributed by atoms with Crippen LogP contribution >= 0.6 is 0 Å². The van der Waals surface area contributed by atoms with E-state index in [1.54, 1.807) is 4.90 Å². The molecule has 6 heteroatoms. The second-order valence-corrected chi connectivity index (χ2v) is 6.72. The van der Waals surface area contributed by atoms with Gasteiger partial charge in [-0.1, -0.05) is 12.1 Å². The molecule has 2 aromatic carbocycles. The third-order valence-electron chi connectivity index (χ3n) is 4.26. The first kappa shape index (κ1) is 17.9. The quantitative estimate of drug-likeness (QED) is 0.657. The molecular formula is C20H21FN2O3. The second-order valence-electron chi connectivity index (χ2n) is 6.72. The lowest BCUT2D eigenvalue weighted by molar-refractivity contribution is -0.122. The number of hydrogen-bond donors (Lipinski definition) is 1. The molecule has 0 fully saturated rings. The van der Waals surface area contributed by atoms with Crippen molar-refractivity contribution in [1.29, 1.82) is 0 Å². The first-order valence-corrected chi connectivity index (χ1v) is 8.50. The van der Waals surface area contributed by atoms with Crippen molar-refractivity contribution < 1.29 is 18.7 Å². The highest BCUT2D eigenvalue weighted by Gasteiger charge is 2.38. The summed E-state index contributed by atoms with van der Waals surface area (Å²) in [7, 11) is 0. The molecule has 1 heterocycles. The van der Waals surface area contributed by atoms with Gasteiger partial charge < -0.3 is 15.0 Å².